The van der Waals surface area contributed by atoms with Crippen LogP contribution in [0.25, 0.3) is 0 Å². The van der Waals surface area contributed by atoms with E-state index in [-0.39, 0.29) is 27.1 Å². The van der Waals surface area contributed by atoms with Gasteiger partial charge in [-0.15, -0.1) is 0 Å². The zero-order chi connectivity index (χ0) is 11.6. The molecule has 82 valence electrons. The summed E-state index contributed by atoms with van der Waals surface area (Å²) in [6.07, 6.45) is -2.68. The van der Waals surface area contributed by atoms with Crippen molar-refractivity contribution in [1.82, 2.24) is 4.98 Å². The van der Waals surface area contributed by atoms with E-state index < -0.39 is 12.4 Å². The maximum absolute atomic E-state index is 12.4. The molecule has 0 saturated heterocycles. The Balaban J connectivity index is 3.35. The first-order chi connectivity index (χ1) is 6.97. The van der Waals surface area contributed by atoms with Gasteiger partial charge in [0.2, 0.25) is 0 Å². The quantitative estimate of drug-likeness (QED) is 0.655. The van der Waals surface area contributed by atoms with E-state index >= 15 is 0 Å². The Kier molecular flexibility index (Phi) is 3.91. The predicted octanol–water partition coefficient (Wildman–Crippen LogP) is 1.78. The number of pyridine rings is 1. The molecule has 0 radical (unpaired) electrons. The van der Waals surface area contributed by atoms with Crippen molar-refractivity contribution in [3.63, 3.8) is 0 Å². The molecule has 7 heteroatoms. The van der Waals surface area contributed by atoms with E-state index in [1.807, 2.05) is 0 Å². The Labute approximate surface area is 97.6 Å². The summed E-state index contributed by atoms with van der Waals surface area (Å²) < 4.78 is 24.9. The first kappa shape index (κ1) is 12.2. The number of rotatable bonds is 3. The molecule has 1 aromatic heterocycles. The smallest absolute Gasteiger partial charge is 0.354 e. The summed E-state index contributed by atoms with van der Waals surface area (Å²) in [4.78, 5) is 14.3. The number of carboxylic acids is 1. The van der Waals surface area contributed by atoms with Crippen molar-refractivity contribution in [2.75, 3.05) is 0 Å². The predicted molar refractivity (Wildman–Crippen MR) is 56.8 cm³/mol. The van der Waals surface area contributed by atoms with E-state index in [0.29, 0.717) is 0 Å². The number of alkyl halides is 2. The molecule has 0 atom stereocenters. The van der Waals surface area contributed by atoms with Crippen LogP contribution in [0.3, 0.4) is 0 Å². The number of carboxylic acid groups (broad SMARTS) is 1. The lowest BCUT2D eigenvalue weighted by molar-refractivity contribution is 0.0688. The summed E-state index contributed by atoms with van der Waals surface area (Å²) in [5.74, 6) is -1.27. The Hall–Kier alpha value is -0.830. The average Bonchev–Trinajstić information content (AvgIpc) is 2.16. The summed E-state index contributed by atoms with van der Waals surface area (Å²) in [5, 5.41) is 8.74. The van der Waals surface area contributed by atoms with Crippen LogP contribution in [0.4, 0.5) is 8.78 Å². The third-order valence-electron chi connectivity index (χ3n) is 1.74. The number of nitrogens with two attached hydrogens (primary N) is 1. The van der Waals surface area contributed by atoms with Gasteiger partial charge in [0, 0.05) is 6.54 Å². The number of halogens is 3. The van der Waals surface area contributed by atoms with Crippen LogP contribution in [-0.2, 0) is 6.54 Å². The van der Waals surface area contributed by atoms with Gasteiger partial charge in [0.05, 0.1) is 5.56 Å². The topological polar surface area (TPSA) is 76.2 Å². The van der Waals surface area contributed by atoms with Gasteiger partial charge in [-0.05, 0) is 34.2 Å². The lowest BCUT2D eigenvalue weighted by Gasteiger charge is -2.08. The molecule has 0 bridgehead atoms. The molecule has 0 saturated carbocycles. The average molecular weight is 328 g/mol. The number of aromatic carboxylic acids is 1. The summed E-state index contributed by atoms with van der Waals surface area (Å²) in [6, 6.07) is 1.09. The van der Waals surface area contributed by atoms with E-state index in [1.165, 1.54) is 0 Å². The minimum atomic E-state index is -2.68. The Morgan fingerprint density at radius 2 is 2.27 bits per heavy atom. The molecule has 1 heterocycles. The maximum atomic E-state index is 12.4. The molecule has 0 amide bonds. The third-order valence-corrected chi connectivity index (χ3v) is 2.60. The van der Waals surface area contributed by atoms with Gasteiger partial charge in [0.25, 0.3) is 6.43 Å². The first-order valence-corrected chi connectivity index (χ1v) is 4.96. The van der Waals surface area contributed by atoms with Crippen molar-refractivity contribution < 1.29 is 18.7 Å². The van der Waals surface area contributed by atoms with E-state index in [9.17, 15) is 13.6 Å². The van der Waals surface area contributed by atoms with Crippen LogP contribution in [-0.4, -0.2) is 16.1 Å². The Morgan fingerprint density at radius 1 is 1.67 bits per heavy atom. The molecule has 0 aliphatic heterocycles. The van der Waals surface area contributed by atoms with Gasteiger partial charge < -0.3 is 10.8 Å². The van der Waals surface area contributed by atoms with Crippen LogP contribution >= 0.6 is 22.6 Å². The highest BCUT2D eigenvalue weighted by Crippen LogP contribution is 2.25. The zero-order valence-electron chi connectivity index (χ0n) is 7.38. The second-order valence-electron chi connectivity index (χ2n) is 2.69. The summed E-state index contributed by atoms with van der Waals surface area (Å²) in [6.45, 7) is -0.134. The summed E-state index contributed by atoms with van der Waals surface area (Å²) >= 11 is 1.57. The van der Waals surface area contributed by atoms with Crippen molar-refractivity contribution in [2.45, 2.75) is 13.0 Å². The van der Waals surface area contributed by atoms with Crippen molar-refractivity contribution in [1.29, 1.82) is 0 Å². The van der Waals surface area contributed by atoms with Crippen molar-refractivity contribution in [3.05, 3.63) is 26.6 Å². The van der Waals surface area contributed by atoms with Gasteiger partial charge in [-0.25, -0.2) is 18.6 Å². The SMILES string of the molecule is NCc1cc(C(F)F)c(I)nc1C(=O)O. The zero-order valence-corrected chi connectivity index (χ0v) is 9.53. The molecular weight excluding hydrogens is 321 g/mol. The van der Waals surface area contributed by atoms with E-state index in [2.05, 4.69) is 4.98 Å². The molecule has 0 aliphatic rings. The standard InChI is InChI=1S/C8H7F2IN2O2/c9-6(10)4-1-3(2-12)5(8(14)15)13-7(4)11/h1,6H,2,12H2,(H,14,15). The molecule has 15 heavy (non-hydrogen) atoms. The van der Waals surface area contributed by atoms with E-state index in [0.717, 1.165) is 6.07 Å². The highest BCUT2D eigenvalue weighted by atomic mass is 127. The Bertz CT molecular complexity index is 398. The minimum absolute atomic E-state index is 0.0165. The number of carbonyl (C=O) groups is 1. The number of hydrogen-bond acceptors (Lipinski definition) is 3. The van der Waals surface area contributed by atoms with Gasteiger partial charge in [0.15, 0.2) is 5.69 Å². The van der Waals surface area contributed by atoms with Gasteiger partial charge in [0.1, 0.15) is 3.70 Å². The fourth-order valence-corrected chi connectivity index (χ4v) is 1.68. The maximum Gasteiger partial charge on any atom is 0.354 e. The lowest BCUT2D eigenvalue weighted by atomic mass is 10.1. The van der Waals surface area contributed by atoms with Crippen LogP contribution in [0.2, 0.25) is 0 Å². The molecule has 1 aromatic rings. The molecule has 0 aromatic carbocycles. The normalized spacial score (nSPS) is 10.7. The molecule has 3 N–H and O–H groups in total. The van der Waals surface area contributed by atoms with Crippen molar-refractivity contribution >= 4 is 28.6 Å². The van der Waals surface area contributed by atoms with Crippen LogP contribution in [0, 0.1) is 3.70 Å². The van der Waals surface area contributed by atoms with E-state index in [4.69, 9.17) is 10.8 Å². The summed E-state index contributed by atoms with van der Waals surface area (Å²) in [5.41, 5.74) is 4.80. The Morgan fingerprint density at radius 3 is 2.67 bits per heavy atom. The van der Waals surface area contributed by atoms with Gasteiger partial charge in [-0.2, -0.15) is 0 Å². The van der Waals surface area contributed by atoms with Crippen LogP contribution in [0.1, 0.15) is 28.0 Å². The third kappa shape index (κ3) is 2.59. The first-order valence-electron chi connectivity index (χ1n) is 3.88. The van der Waals surface area contributed by atoms with Crippen LogP contribution in [0.5, 0.6) is 0 Å². The molecule has 1 rings (SSSR count). The minimum Gasteiger partial charge on any atom is -0.477 e. The number of aromatic nitrogens is 1. The molecular formula is C8H7F2IN2O2. The van der Waals surface area contributed by atoms with Gasteiger partial charge in [-0.3, -0.25) is 0 Å². The second-order valence-corrected chi connectivity index (χ2v) is 3.71. The van der Waals surface area contributed by atoms with Gasteiger partial charge >= 0.3 is 5.97 Å². The molecule has 0 fully saturated rings. The molecule has 0 aliphatic carbocycles. The van der Waals surface area contributed by atoms with Crippen LogP contribution < -0.4 is 5.73 Å². The van der Waals surface area contributed by atoms with Gasteiger partial charge in [-0.1, -0.05) is 0 Å². The second kappa shape index (κ2) is 4.79. The van der Waals surface area contributed by atoms with Crippen molar-refractivity contribution in [3.8, 4) is 0 Å². The largest absolute Gasteiger partial charge is 0.477 e. The fraction of sp³-hybridized carbons (Fsp3) is 0.250. The highest BCUT2D eigenvalue weighted by molar-refractivity contribution is 14.1. The van der Waals surface area contributed by atoms with E-state index in [1.54, 1.807) is 22.6 Å². The lowest BCUT2D eigenvalue weighted by Crippen LogP contribution is -2.12. The molecule has 4 nitrogen and oxygen atoms in total. The number of nitrogens with zero attached hydrogens (tertiary/aromatic N) is 1. The van der Waals surface area contributed by atoms with Crippen molar-refractivity contribution in [2.24, 2.45) is 5.73 Å². The molecule has 0 unspecified atom stereocenters. The summed E-state index contributed by atoms with van der Waals surface area (Å²) in [7, 11) is 0. The fourth-order valence-electron chi connectivity index (χ4n) is 1.04. The molecule has 0 spiro atoms. The monoisotopic (exact) mass is 328 g/mol. The highest BCUT2D eigenvalue weighted by Gasteiger charge is 2.19. The number of hydrogen-bond donors (Lipinski definition) is 2. The van der Waals surface area contributed by atoms with Crippen LogP contribution in [0.15, 0.2) is 6.07 Å².